The largest absolute Gasteiger partial charge is 0.462 e. The van der Waals surface area contributed by atoms with Crippen molar-refractivity contribution in [1.82, 2.24) is 0 Å². The second-order valence-corrected chi connectivity index (χ2v) is 24.2. The Balaban J connectivity index is 3.96. The summed E-state index contributed by atoms with van der Waals surface area (Å²) in [6, 6.07) is 0. The molecule has 0 rings (SSSR count). The van der Waals surface area contributed by atoms with E-state index in [1.165, 1.54) is 295 Å². The summed E-state index contributed by atoms with van der Waals surface area (Å²) in [5.74, 6) is -0.845. The van der Waals surface area contributed by atoms with Crippen molar-refractivity contribution < 1.29 is 28.6 Å². The van der Waals surface area contributed by atoms with Gasteiger partial charge in [0.15, 0.2) is 6.10 Å². The summed E-state index contributed by atoms with van der Waals surface area (Å²) in [5, 5.41) is 0. The zero-order valence-corrected chi connectivity index (χ0v) is 53.0. The fraction of sp³-hybridized carbons (Fsp3) is 0.903. The Morgan fingerprint density at radius 2 is 0.462 bits per heavy atom. The molecule has 0 saturated carbocycles. The smallest absolute Gasteiger partial charge is 0.306 e. The van der Waals surface area contributed by atoms with E-state index in [1.807, 2.05) is 0 Å². The van der Waals surface area contributed by atoms with Crippen molar-refractivity contribution in [1.29, 1.82) is 0 Å². The van der Waals surface area contributed by atoms with Crippen LogP contribution in [-0.2, 0) is 28.6 Å². The maximum Gasteiger partial charge on any atom is 0.306 e. The number of unbranched alkanes of at least 4 members (excludes halogenated alkanes) is 51. The van der Waals surface area contributed by atoms with Crippen LogP contribution in [0, 0.1) is 0 Å². The van der Waals surface area contributed by atoms with Crippen molar-refractivity contribution in [2.24, 2.45) is 0 Å². The molecule has 0 aliphatic carbocycles. The summed E-state index contributed by atoms with van der Waals surface area (Å²) >= 11 is 0. The maximum absolute atomic E-state index is 12.9. The standard InChI is InChI=1S/C72H136O6/c1-4-7-10-13-16-18-20-22-24-26-28-30-32-34-35-36-37-39-40-42-44-46-48-50-52-54-56-59-62-65-71(74)77-68-69(67-76-70(73)64-61-58-15-12-9-6-3)78-72(75)66-63-60-57-55-53-51-49-47-45-43-41-38-33-31-29-27-25-23-21-19-17-14-11-8-5-2/h20,22,26,28,69H,4-19,21,23-25,27,29-68H2,1-3H3/b22-20-,28-26-. The molecule has 0 fully saturated rings. The number of allylic oxidation sites excluding steroid dienone is 4. The van der Waals surface area contributed by atoms with Gasteiger partial charge in [0.2, 0.25) is 0 Å². The number of carbonyl (C=O) groups is 3. The first-order valence-corrected chi connectivity index (χ1v) is 35.3. The van der Waals surface area contributed by atoms with Gasteiger partial charge in [-0.1, -0.05) is 353 Å². The first kappa shape index (κ1) is 75.9. The Labute approximate surface area is 487 Å². The van der Waals surface area contributed by atoms with Crippen LogP contribution in [0.3, 0.4) is 0 Å². The van der Waals surface area contributed by atoms with E-state index in [0.29, 0.717) is 19.3 Å². The van der Waals surface area contributed by atoms with E-state index in [1.54, 1.807) is 0 Å². The highest BCUT2D eigenvalue weighted by Crippen LogP contribution is 2.19. The van der Waals surface area contributed by atoms with E-state index in [-0.39, 0.29) is 31.1 Å². The quantitative estimate of drug-likeness (QED) is 0.0261. The van der Waals surface area contributed by atoms with Gasteiger partial charge in [0.05, 0.1) is 0 Å². The number of rotatable bonds is 66. The lowest BCUT2D eigenvalue weighted by Crippen LogP contribution is -2.30. The lowest BCUT2D eigenvalue weighted by molar-refractivity contribution is -0.167. The highest BCUT2D eigenvalue weighted by Gasteiger charge is 2.19. The Morgan fingerprint density at radius 1 is 0.256 bits per heavy atom. The van der Waals surface area contributed by atoms with Crippen molar-refractivity contribution >= 4 is 17.9 Å². The van der Waals surface area contributed by atoms with Crippen LogP contribution in [0.5, 0.6) is 0 Å². The number of hydrogen-bond acceptors (Lipinski definition) is 6. The van der Waals surface area contributed by atoms with E-state index in [0.717, 1.165) is 64.2 Å². The normalized spacial score (nSPS) is 12.1. The molecule has 0 bridgehead atoms. The zero-order valence-electron chi connectivity index (χ0n) is 53.0. The highest BCUT2D eigenvalue weighted by molar-refractivity contribution is 5.71. The molecule has 1 unspecified atom stereocenters. The summed E-state index contributed by atoms with van der Waals surface area (Å²) in [5.41, 5.74) is 0. The topological polar surface area (TPSA) is 78.9 Å². The van der Waals surface area contributed by atoms with Crippen LogP contribution in [-0.4, -0.2) is 37.2 Å². The predicted octanol–water partition coefficient (Wildman–Crippen LogP) is 24.2. The van der Waals surface area contributed by atoms with Gasteiger partial charge >= 0.3 is 17.9 Å². The number of ether oxygens (including phenoxy) is 3. The van der Waals surface area contributed by atoms with Gasteiger partial charge in [0.25, 0.3) is 0 Å². The third-order valence-electron chi connectivity index (χ3n) is 16.2. The average molecular weight is 1100 g/mol. The Bertz CT molecular complexity index is 1260. The SMILES string of the molecule is CCCCCCC/C=C\C/C=C\CCCCCCCCCCCCCCCCCCCC(=O)OCC(COC(=O)CCCCCCCC)OC(=O)CCCCCCCCCCCCCCCCCCCCCCCCCCC. The third-order valence-corrected chi connectivity index (χ3v) is 16.2. The molecule has 78 heavy (non-hydrogen) atoms. The van der Waals surface area contributed by atoms with Crippen molar-refractivity contribution in [3.8, 4) is 0 Å². The molecular weight excluding hydrogens is 961 g/mol. The first-order valence-electron chi connectivity index (χ1n) is 35.3. The van der Waals surface area contributed by atoms with E-state index >= 15 is 0 Å². The van der Waals surface area contributed by atoms with Crippen LogP contribution < -0.4 is 0 Å². The summed E-state index contributed by atoms with van der Waals surface area (Å²) in [4.78, 5) is 38.1. The molecule has 0 heterocycles. The van der Waals surface area contributed by atoms with Gasteiger partial charge in [-0.2, -0.15) is 0 Å². The fourth-order valence-corrected chi connectivity index (χ4v) is 10.9. The van der Waals surface area contributed by atoms with E-state index < -0.39 is 6.10 Å². The molecule has 0 aliphatic heterocycles. The molecule has 0 aromatic rings. The monoisotopic (exact) mass is 1100 g/mol. The van der Waals surface area contributed by atoms with Crippen LogP contribution in [0.15, 0.2) is 24.3 Å². The molecule has 0 N–H and O–H groups in total. The van der Waals surface area contributed by atoms with Crippen molar-refractivity contribution in [2.75, 3.05) is 13.2 Å². The lowest BCUT2D eigenvalue weighted by atomic mass is 10.0. The zero-order chi connectivity index (χ0) is 56.4. The molecule has 6 heteroatoms. The van der Waals surface area contributed by atoms with Crippen LogP contribution in [0.1, 0.15) is 400 Å². The van der Waals surface area contributed by atoms with Gasteiger partial charge in [-0.15, -0.1) is 0 Å². The van der Waals surface area contributed by atoms with Gasteiger partial charge in [0, 0.05) is 19.3 Å². The van der Waals surface area contributed by atoms with E-state index in [4.69, 9.17) is 14.2 Å². The summed E-state index contributed by atoms with van der Waals surface area (Å²) in [6.07, 6.45) is 82.6. The van der Waals surface area contributed by atoms with Crippen LogP contribution >= 0.6 is 0 Å². The minimum Gasteiger partial charge on any atom is -0.462 e. The van der Waals surface area contributed by atoms with E-state index in [2.05, 4.69) is 45.1 Å². The number of esters is 3. The Kier molecular flexibility index (Phi) is 65.6. The molecule has 0 amide bonds. The molecule has 1 atom stereocenters. The minimum atomic E-state index is -0.764. The molecule has 0 spiro atoms. The number of hydrogen-bond donors (Lipinski definition) is 0. The van der Waals surface area contributed by atoms with Crippen LogP contribution in [0.25, 0.3) is 0 Å². The van der Waals surface area contributed by atoms with Crippen LogP contribution in [0.2, 0.25) is 0 Å². The second kappa shape index (κ2) is 67.4. The first-order chi connectivity index (χ1) is 38.5. The average Bonchev–Trinajstić information content (AvgIpc) is 3.44. The van der Waals surface area contributed by atoms with Gasteiger partial charge < -0.3 is 14.2 Å². The van der Waals surface area contributed by atoms with Gasteiger partial charge in [-0.3, -0.25) is 14.4 Å². The third kappa shape index (κ3) is 64.7. The van der Waals surface area contributed by atoms with Gasteiger partial charge in [-0.25, -0.2) is 0 Å². The molecule has 0 aromatic carbocycles. The predicted molar refractivity (Wildman–Crippen MR) is 340 cm³/mol. The maximum atomic E-state index is 12.9. The van der Waals surface area contributed by atoms with Gasteiger partial charge in [-0.05, 0) is 51.4 Å². The van der Waals surface area contributed by atoms with E-state index in [9.17, 15) is 14.4 Å². The Hall–Kier alpha value is -2.11. The van der Waals surface area contributed by atoms with Crippen molar-refractivity contribution in [2.45, 2.75) is 406 Å². The number of carbonyl (C=O) groups excluding carboxylic acids is 3. The van der Waals surface area contributed by atoms with Crippen LogP contribution in [0.4, 0.5) is 0 Å². The summed E-state index contributed by atoms with van der Waals surface area (Å²) in [7, 11) is 0. The summed E-state index contributed by atoms with van der Waals surface area (Å²) in [6.45, 7) is 6.65. The second-order valence-electron chi connectivity index (χ2n) is 24.2. The Morgan fingerprint density at radius 3 is 0.705 bits per heavy atom. The molecule has 0 saturated heterocycles. The summed E-state index contributed by atoms with van der Waals surface area (Å²) < 4.78 is 16.9. The lowest BCUT2D eigenvalue weighted by Gasteiger charge is -2.18. The van der Waals surface area contributed by atoms with Gasteiger partial charge in [0.1, 0.15) is 13.2 Å². The van der Waals surface area contributed by atoms with Crippen molar-refractivity contribution in [3.05, 3.63) is 24.3 Å². The highest BCUT2D eigenvalue weighted by atomic mass is 16.6. The fourth-order valence-electron chi connectivity index (χ4n) is 10.9. The molecule has 0 radical (unpaired) electrons. The van der Waals surface area contributed by atoms with Crippen molar-refractivity contribution in [3.63, 3.8) is 0 Å². The molecule has 0 aromatic heterocycles. The molecule has 460 valence electrons. The molecule has 6 nitrogen and oxygen atoms in total. The molecule has 0 aliphatic rings. The molecular formula is C72H136O6. The minimum absolute atomic E-state index is 0.0648.